The van der Waals surface area contributed by atoms with Crippen LogP contribution < -0.4 is 10.6 Å². The number of guanidine groups is 1. The second-order valence-corrected chi connectivity index (χ2v) is 7.47. The van der Waals surface area contributed by atoms with Crippen molar-refractivity contribution >= 4 is 17.3 Å². The summed E-state index contributed by atoms with van der Waals surface area (Å²) in [5.74, 6) is 2.44. The molecule has 0 fully saturated rings. The summed E-state index contributed by atoms with van der Waals surface area (Å²) >= 11 is 1.77. The molecule has 0 amide bonds. The number of nitrogens with zero attached hydrogens (tertiary/aromatic N) is 3. The first kappa shape index (κ1) is 17.5. The van der Waals surface area contributed by atoms with Gasteiger partial charge >= 0.3 is 0 Å². The summed E-state index contributed by atoms with van der Waals surface area (Å²) in [5.41, 5.74) is -0.138. The first-order valence-corrected chi connectivity index (χ1v) is 8.59. The van der Waals surface area contributed by atoms with E-state index in [1.807, 2.05) is 20.8 Å². The lowest BCUT2D eigenvalue weighted by Gasteiger charge is -2.14. The molecular formula is C16H25N5OS. The summed E-state index contributed by atoms with van der Waals surface area (Å²) in [6, 6.07) is 4.23. The van der Waals surface area contributed by atoms with Crippen molar-refractivity contribution in [3.05, 3.63) is 34.1 Å². The van der Waals surface area contributed by atoms with Crippen LogP contribution in [0.4, 0.5) is 0 Å². The van der Waals surface area contributed by atoms with Crippen LogP contribution in [0.5, 0.6) is 0 Å². The third-order valence-electron chi connectivity index (χ3n) is 3.35. The molecule has 23 heavy (non-hydrogen) atoms. The zero-order valence-electron chi connectivity index (χ0n) is 14.4. The highest BCUT2D eigenvalue weighted by Gasteiger charge is 2.21. The van der Waals surface area contributed by atoms with Gasteiger partial charge in [-0.25, -0.2) is 0 Å². The Balaban J connectivity index is 1.82. The van der Waals surface area contributed by atoms with Gasteiger partial charge in [-0.2, -0.15) is 4.98 Å². The van der Waals surface area contributed by atoms with E-state index in [0.29, 0.717) is 24.2 Å². The highest BCUT2D eigenvalue weighted by Crippen LogP contribution is 2.20. The molecule has 0 aromatic carbocycles. The molecular weight excluding hydrogens is 310 g/mol. The Morgan fingerprint density at radius 3 is 2.74 bits per heavy atom. The molecule has 2 aromatic rings. The molecule has 0 radical (unpaired) electrons. The predicted octanol–water partition coefficient (Wildman–Crippen LogP) is 2.90. The smallest absolute Gasteiger partial charge is 0.232 e. The van der Waals surface area contributed by atoms with Gasteiger partial charge in [-0.15, -0.1) is 11.3 Å². The van der Waals surface area contributed by atoms with Gasteiger partial charge < -0.3 is 15.2 Å². The molecule has 2 rings (SSSR count). The van der Waals surface area contributed by atoms with Crippen molar-refractivity contribution in [2.45, 2.75) is 45.6 Å². The van der Waals surface area contributed by atoms with E-state index in [1.54, 1.807) is 18.4 Å². The molecule has 0 saturated carbocycles. The van der Waals surface area contributed by atoms with E-state index in [9.17, 15) is 0 Å². The lowest BCUT2D eigenvalue weighted by atomic mass is 9.97. The van der Waals surface area contributed by atoms with Crippen LogP contribution in [0, 0.1) is 0 Å². The second kappa shape index (κ2) is 7.59. The maximum absolute atomic E-state index is 5.28. The number of aromatic nitrogens is 2. The van der Waals surface area contributed by atoms with Gasteiger partial charge in [0.2, 0.25) is 5.89 Å². The minimum atomic E-state index is -0.138. The number of hydrogen-bond acceptors (Lipinski definition) is 5. The van der Waals surface area contributed by atoms with Gasteiger partial charge in [0.25, 0.3) is 0 Å². The van der Waals surface area contributed by atoms with E-state index < -0.39 is 0 Å². The normalized spacial score (nSPS) is 13.9. The molecule has 6 nitrogen and oxygen atoms in total. The highest BCUT2D eigenvalue weighted by atomic mass is 32.1. The zero-order chi connectivity index (χ0) is 16.9. The predicted molar refractivity (Wildman–Crippen MR) is 93.9 cm³/mol. The van der Waals surface area contributed by atoms with E-state index in [2.05, 4.69) is 50.2 Å². The van der Waals surface area contributed by atoms with E-state index in [4.69, 9.17) is 4.52 Å². The summed E-state index contributed by atoms with van der Waals surface area (Å²) in [7, 11) is 1.75. The molecule has 1 atom stereocenters. The topological polar surface area (TPSA) is 75.3 Å². The fourth-order valence-electron chi connectivity index (χ4n) is 1.94. The van der Waals surface area contributed by atoms with Crippen LogP contribution in [0.15, 0.2) is 27.0 Å². The third-order valence-corrected chi connectivity index (χ3v) is 4.46. The Morgan fingerprint density at radius 1 is 1.39 bits per heavy atom. The van der Waals surface area contributed by atoms with Crippen molar-refractivity contribution in [1.29, 1.82) is 0 Å². The molecule has 0 saturated heterocycles. The summed E-state index contributed by atoms with van der Waals surface area (Å²) in [5, 5.41) is 12.6. The van der Waals surface area contributed by atoms with Crippen LogP contribution in [0.3, 0.4) is 0 Å². The lowest BCUT2D eigenvalue weighted by molar-refractivity contribution is 0.318. The summed E-state index contributed by atoms with van der Waals surface area (Å²) in [6.07, 6.45) is 0. The first-order chi connectivity index (χ1) is 10.9. The fourth-order valence-corrected chi connectivity index (χ4v) is 2.72. The highest BCUT2D eigenvalue weighted by molar-refractivity contribution is 7.10. The SMILES string of the molecule is CN=C(NCc1noc(C(C)(C)C)n1)NCC(C)c1cccs1. The van der Waals surface area contributed by atoms with Gasteiger partial charge in [-0.3, -0.25) is 4.99 Å². The van der Waals surface area contributed by atoms with Crippen LogP contribution >= 0.6 is 11.3 Å². The number of thiophene rings is 1. The molecule has 7 heteroatoms. The molecule has 0 aliphatic rings. The Labute approximate surface area is 141 Å². The quantitative estimate of drug-likeness (QED) is 0.649. The maximum atomic E-state index is 5.28. The minimum absolute atomic E-state index is 0.138. The molecule has 0 aliphatic carbocycles. The summed E-state index contributed by atoms with van der Waals surface area (Å²) < 4.78 is 5.28. The van der Waals surface area contributed by atoms with Gasteiger partial charge in [0, 0.05) is 29.8 Å². The molecule has 0 bridgehead atoms. The van der Waals surface area contributed by atoms with Gasteiger partial charge in [0.1, 0.15) is 0 Å². The van der Waals surface area contributed by atoms with Crippen molar-refractivity contribution in [2.24, 2.45) is 4.99 Å². The Kier molecular flexibility index (Phi) is 5.76. The Bertz CT molecular complexity index is 627. The van der Waals surface area contributed by atoms with Crippen LogP contribution in [0.25, 0.3) is 0 Å². The van der Waals surface area contributed by atoms with Crippen molar-refractivity contribution in [1.82, 2.24) is 20.8 Å². The van der Waals surface area contributed by atoms with Gasteiger partial charge in [0.15, 0.2) is 11.8 Å². The molecule has 126 valence electrons. The first-order valence-electron chi connectivity index (χ1n) is 7.71. The van der Waals surface area contributed by atoms with Gasteiger partial charge in [0.05, 0.1) is 6.54 Å². The molecule has 2 N–H and O–H groups in total. The Morgan fingerprint density at radius 2 is 2.17 bits per heavy atom. The van der Waals surface area contributed by atoms with Crippen molar-refractivity contribution in [2.75, 3.05) is 13.6 Å². The molecule has 2 heterocycles. The van der Waals surface area contributed by atoms with Crippen molar-refractivity contribution in [3.63, 3.8) is 0 Å². The second-order valence-electron chi connectivity index (χ2n) is 6.49. The van der Waals surface area contributed by atoms with E-state index in [0.717, 1.165) is 12.5 Å². The van der Waals surface area contributed by atoms with Gasteiger partial charge in [-0.05, 0) is 11.4 Å². The van der Waals surface area contributed by atoms with E-state index in [1.165, 1.54) is 4.88 Å². The number of hydrogen-bond donors (Lipinski definition) is 2. The van der Waals surface area contributed by atoms with Crippen LogP contribution in [-0.4, -0.2) is 29.7 Å². The average molecular weight is 335 g/mol. The molecule has 2 aromatic heterocycles. The Hall–Kier alpha value is -1.89. The lowest BCUT2D eigenvalue weighted by Crippen LogP contribution is -2.38. The number of rotatable bonds is 5. The fraction of sp³-hybridized carbons (Fsp3) is 0.562. The molecule has 0 spiro atoms. The number of nitrogens with one attached hydrogen (secondary N) is 2. The summed E-state index contributed by atoms with van der Waals surface area (Å²) in [4.78, 5) is 9.99. The number of aliphatic imine (C=N–C) groups is 1. The van der Waals surface area contributed by atoms with Crippen LogP contribution in [-0.2, 0) is 12.0 Å². The monoisotopic (exact) mass is 335 g/mol. The largest absolute Gasteiger partial charge is 0.356 e. The standard InChI is InChI=1S/C16H25N5OS/c1-11(12-7-6-8-23-12)9-18-15(17-5)19-10-13-20-14(22-21-13)16(2,3)4/h6-8,11H,9-10H2,1-5H3,(H2,17,18,19). The average Bonchev–Trinajstić information content (AvgIpc) is 3.18. The molecule has 1 unspecified atom stereocenters. The van der Waals surface area contributed by atoms with Gasteiger partial charge in [-0.1, -0.05) is 38.9 Å². The van der Waals surface area contributed by atoms with E-state index in [-0.39, 0.29) is 5.41 Å². The van der Waals surface area contributed by atoms with Crippen molar-refractivity contribution in [3.8, 4) is 0 Å². The molecule has 0 aliphatic heterocycles. The summed E-state index contributed by atoms with van der Waals surface area (Å²) in [6.45, 7) is 9.63. The van der Waals surface area contributed by atoms with Crippen LogP contribution in [0.2, 0.25) is 0 Å². The third kappa shape index (κ3) is 5.06. The maximum Gasteiger partial charge on any atom is 0.232 e. The van der Waals surface area contributed by atoms with Crippen molar-refractivity contribution < 1.29 is 4.52 Å². The zero-order valence-corrected chi connectivity index (χ0v) is 15.2. The van der Waals surface area contributed by atoms with Crippen LogP contribution in [0.1, 0.15) is 50.2 Å². The van der Waals surface area contributed by atoms with E-state index >= 15 is 0 Å². The minimum Gasteiger partial charge on any atom is -0.356 e.